The van der Waals surface area contributed by atoms with Crippen LogP contribution in [0.15, 0.2) is 0 Å². The molecule has 106 valence electrons. The third kappa shape index (κ3) is 2.55. The molecule has 3 rings (SSSR count). The molecule has 19 heavy (non-hydrogen) atoms. The van der Waals surface area contributed by atoms with Gasteiger partial charge in [-0.3, -0.25) is 14.9 Å². The van der Waals surface area contributed by atoms with E-state index in [4.69, 9.17) is 4.74 Å². The molecule has 0 spiro atoms. The van der Waals surface area contributed by atoms with Crippen LogP contribution in [0.2, 0.25) is 0 Å². The summed E-state index contributed by atoms with van der Waals surface area (Å²) in [7, 11) is 0. The SMILES string of the molecule is CC1CCC(C2CC(=O)NC(=O)C2C2CCCC2)O1. The van der Waals surface area contributed by atoms with Crippen LogP contribution in [-0.4, -0.2) is 24.0 Å². The molecule has 3 aliphatic rings. The maximum absolute atomic E-state index is 12.3. The van der Waals surface area contributed by atoms with Crippen molar-refractivity contribution in [1.82, 2.24) is 5.32 Å². The fraction of sp³-hybridized carbons (Fsp3) is 0.867. The second kappa shape index (κ2) is 5.23. The van der Waals surface area contributed by atoms with Gasteiger partial charge in [0.05, 0.1) is 12.2 Å². The minimum Gasteiger partial charge on any atom is -0.375 e. The first-order valence-electron chi connectivity index (χ1n) is 7.64. The molecule has 3 fully saturated rings. The summed E-state index contributed by atoms with van der Waals surface area (Å²) >= 11 is 0. The molecule has 1 saturated carbocycles. The zero-order valence-corrected chi connectivity index (χ0v) is 11.6. The number of hydrogen-bond acceptors (Lipinski definition) is 3. The van der Waals surface area contributed by atoms with Crippen LogP contribution in [0, 0.1) is 17.8 Å². The summed E-state index contributed by atoms with van der Waals surface area (Å²) < 4.78 is 5.96. The Hall–Kier alpha value is -0.900. The highest BCUT2D eigenvalue weighted by molar-refractivity contribution is 5.99. The van der Waals surface area contributed by atoms with E-state index in [9.17, 15) is 9.59 Å². The number of rotatable bonds is 2. The summed E-state index contributed by atoms with van der Waals surface area (Å²) in [5.41, 5.74) is 0. The summed E-state index contributed by atoms with van der Waals surface area (Å²) in [6.45, 7) is 2.08. The van der Waals surface area contributed by atoms with Crippen molar-refractivity contribution in [3.63, 3.8) is 0 Å². The molecule has 2 heterocycles. The molecule has 4 atom stereocenters. The number of imide groups is 1. The zero-order chi connectivity index (χ0) is 13.4. The van der Waals surface area contributed by atoms with Crippen LogP contribution < -0.4 is 5.32 Å². The largest absolute Gasteiger partial charge is 0.375 e. The Kier molecular flexibility index (Phi) is 3.61. The number of carbonyl (C=O) groups is 2. The highest BCUT2D eigenvalue weighted by Gasteiger charge is 2.46. The van der Waals surface area contributed by atoms with E-state index in [1.54, 1.807) is 0 Å². The standard InChI is InChI=1S/C15H23NO3/c1-9-6-7-12(19-9)11-8-13(17)16-15(18)14(11)10-4-2-3-5-10/h9-12,14H,2-8H2,1H3,(H,16,17,18). The van der Waals surface area contributed by atoms with E-state index >= 15 is 0 Å². The Bertz CT molecular complexity index is 376. The predicted molar refractivity (Wildman–Crippen MR) is 70.3 cm³/mol. The van der Waals surface area contributed by atoms with E-state index < -0.39 is 0 Å². The van der Waals surface area contributed by atoms with Gasteiger partial charge in [0.2, 0.25) is 11.8 Å². The monoisotopic (exact) mass is 265 g/mol. The molecule has 2 amide bonds. The van der Waals surface area contributed by atoms with Gasteiger partial charge in [-0.15, -0.1) is 0 Å². The van der Waals surface area contributed by atoms with Crippen LogP contribution in [0.1, 0.15) is 51.9 Å². The van der Waals surface area contributed by atoms with Crippen molar-refractivity contribution in [3.05, 3.63) is 0 Å². The maximum Gasteiger partial charge on any atom is 0.230 e. The van der Waals surface area contributed by atoms with Crippen LogP contribution >= 0.6 is 0 Å². The van der Waals surface area contributed by atoms with Crippen molar-refractivity contribution in [2.45, 2.75) is 64.1 Å². The molecular weight excluding hydrogens is 242 g/mol. The molecule has 2 aliphatic heterocycles. The van der Waals surface area contributed by atoms with E-state index in [-0.39, 0.29) is 35.9 Å². The number of carbonyl (C=O) groups excluding carboxylic acids is 2. The van der Waals surface area contributed by atoms with Crippen LogP contribution in [0.25, 0.3) is 0 Å². The van der Waals surface area contributed by atoms with Gasteiger partial charge in [-0.25, -0.2) is 0 Å². The number of ether oxygens (including phenoxy) is 1. The van der Waals surface area contributed by atoms with Gasteiger partial charge in [0.1, 0.15) is 0 Å². The van der Waals surface area contributed by atoms with E-state index in [0.717, 1.165) is 25.7 Å². The lowest BCUT2D eigenvalue weighted by atomic mass is 9.73. The fourth-order valence-electron chi connectivity index (χ4n) is 4.20. The number of nitrogens with one attached hydrogen (secondary N) is 1. The minimum atomic E-state index is -0.118. The van der Waals surface area contributed by atoms with Gasteiger partial charge in [-0.2, -0.15) is 0 Å². The molecule has 1 N–H and O–H groups in total. The smallest absolute Gasteiger partial charge is 0.230 e. The first kappa shape index (κ1) is 13.1. The lowest BCUT2D eigenvalue weighted by Gasteiger charge is -2.37. The van der Waals surface area contributed by atoms with E-state index in [0.29, 0.717) is 12.3 Å². The Morgan fingerprint density at radius 1 is 1.11 bits per heavy atom. The normalized spacial score (nSPS) is 40.7. The molecular formula is C15H23NO3. The van der Waals surface area contributed by atoms with Gasteiger partial charge in [0.15, 0.2) is 0 Å². The van der Waals surface area contributed by atoms with Gasteiger partial charge >= 0.3 is 0 Å². The molecule has 4 nitrogen and oxygen atoms in total. The molecule has 4 unspecified atom stereocenters. The highest BCUT2D eigenvalue weighted by Crippen LogP contribution is 2.42. The van der Waals surface area contributed by atoms with Crippen LogP contribution in [0.3, 0.4) is 0 Å². The average Bonchev–Trinajstić information content (AvgIpc) is 2.99. The van der Waals surface area contributed by atoms with Crippen molar-refractivity contribution in [2.75, 3.05) is 0 Å². The summed E-state index contributed by atoms with van der Waals surface area (Å²) in [5, 5.41) is 2.54. The molecule has 0 aromatic carbocycles. The number of piperidine rings is 1. The lowest BCUT2D eigenvalue weighted by molar-refractivity contribution is -0.145. The molecule has 4 heteroatoms. The van der Waals surface area contributed by atoms with Gasteiger partial charge < -0.3 is 4.74 Å². The van der Waals surface area contributed by atoms with E-state index in [1.165, 1.54) is 12.8 Å². The first-order chi connectivity index (χ1) is 9.15. The quantitative estimate of drug-likeness (QED) is 0.777. The van der Waals surface area contributed by atoms with Crippen molar-refractivity contribution >= 4 is 11.8 Å². The van der Waals surface area contributed by atoms with E-state index in [2.05, 4.69) is 12.2 Å². The van der Waals surface area contributed by atoms with Crippen LogP contribution in [0.5, 0.6) is 0 Å². The molecule has 0 radical (unpaired) electrons. The summed E-state index contributed by atoms with van der Waals surface area (Å²) in [6.07, 6.45) is 7.59. The van der Waals surface area contributed by atoms with Crippen LogP contribution in [-0.2, 0) is 14.3 Å². The molecule has 0 aromatic rings. The fourth-order valence-corrected chi connectivity index (χ4v) is 4.20. The van der Waals surface area contributed by atoms with Crippen molar-refractivity contribution in [3.8, 4) is 0 Å². The lowest BCUT2D eigenvalue weighted by Crippen LogP contribution is -2.51. The Labute approximate surface area is 114 Å². The number of amides is 2. The van der Waals surface area contributed by atoms with Gasteiger partial charge in [0, 0.05) is 18.3 Å². The van der Waals surface area contributed by atoms with Crippen molar-refractivity contribution in [1.29, 1.82) is 0 Å². The predicted octanol–water partition coefficient (Wildman–Crippen LogP) is 2.02. The topological polar surface area (TPSA) is 55.4 Å². The van der Waals surface area contributed by atoms with E-state index in [1.807, 2.05) is 0 Å². The molecule has 0 aromatic heterocycles. The summed E-state index contributed by atoms with van der Waals surface area (Å²) in [5.74, 6) is 0.395. The van der Waals surface area contributed by atoms with Gasteiger partial charge in [-0.05, 0) is 38.5 Å². The highest BCUT2D eigenvalue weighted by atomic mass is 16.5. The molecule has 2 saturated heterocycles. The van der Waals surface area contributed by atoms with Gasteiger partial charge in [0.25, 0.3) is 0 Å². The second-order valence-electron chi connectivity index (χ2n) is 6.41. The van der Waals surface area contributed by atoms with Crippen molar-refractivity contribution < 1.29 is 14.3 Å². The molecule has 0 bridgehead atoms. The van der Waals surface area contributed by atoms with Gasteiger partial charge in [-0.1, -0.05) is 12.8 Å². The summed E-state index contributed by atoms with van der Waals surface area (Å²) in [6, 6.07) is 0. The Morgan fingerprint density at radius 3 is 2.47 bits per heavy atom. The average molecular weight is 265 g/mol. The second-order valence-corrected chi connectivity index (χ2v) is 6.41. The Balaban J connectivity index is 1.79. The zero-order valence-electron chi connectivity index (χ0n) is 11.6. The molecule has 1 aliphatic carbocycles. The third-order valence-electron chi connectivity index (χ3n) is 5.10. The first-order valence-corrected chi connectivity index (χ1v) is 7.64. The van der Waals surface area contributed by atoms with Crippen molar-refractivity contribution in [2.24, 2.45) is 17.8 Å². The Morgan fingerprint density at radius 2 is 1.84 bits per heavy atom. The maximum atomic E-state index is 12.3. The summed E-state index contributed by atoms with van der Waals surface area (Å²) in [4.78, 5) is 23.9. The number of hydrogen-bond donors (Lipinski definition) is 1. The third-order valence-corrected chi connectivity index (χ3v) is 5.10. The van der Waals surface area contributed by atoms with Crippen LogP contribution in [0.4, 0.5) is 0 Å². The minimum absolute atomic E-state index is 0.00417.